The van der Waals surface area contributed by atoms with Crippen molar-refractivity contribution in [1.82, 2.24) is 15.2 Å². The first-order valence-corrected chi connectivity index (χ1v) is 10.5. The summed E-state index contributed by atoms with van der Waals surface area (Å²) in [4.78, 5) is 19.6. The van der Waals surface area contributed by atoms with Gasteiger partial charge < -0.3 is 14.8 Å². The number of piperidine rings is 1. The first-order chi connectivity index (χ1) is 14.1. The average Bonchev–Trinajstić information content (AvgIpc) is 2.74. The highest BCUT2D eigenvalue weighted by Crippen LogP contribution is 2.31. The maximum atomic E-state index is 12.9. The van der Waals surface area contributed by atoms with Gasteiger partial charge in [-0.25, -0.2) is 4.98 Å². The molecule has 2 aromatic rings. The van der Waals surface area contributed by atoms with E-state index in [9.17, 15) is 4.79 Å². The number of carbonyl (C=O) groups excluding carboxylic acids is 1. The van der Waals surface area contributed by atoms with Gasteiger partial charge in [0.25, 0.3) is 0 Å². The molecular formula is C23H29N3O3. The molecule has 6 heteroatoms. The van der Waals surface area contributed by atoms with Gasteiger partial charge in [-0.15, -0.1) is 0 Å². The average molecular weight is 396 g/mol. The summed E-state index contributed by atoms with van der Waals surface area (Å²) >= 11 is 0. The second kappa shape index (κ2) is 8.82. The Hall–Kier alpha value is -2.60. The van der Waals surface area contributed by atoms with Crippen molar-refractivity contribution >= 4 is 5.91 Å². The van der Waals surface area contributed by atoms with Crippen molar-refractivity contribution in [1.29, 1.82) is 0 Å². The number of likely N-dealkylation sites (tertiary alicyclic amines) is 1. The molecule has 1 N–H and O–H groups in total. The van der Waals surface area contributed by atoms with Crippen molar-refractivity contribution in [3.05, 3.63) is 53.7 Å². The van der Waals surface area contributed by atoms with Crippen LogP contribution < -0.4 is 14.8 Å². The highest BCUT2D eigenvalue weighted by atomic mass is 16.5. The summed E-state index contributed by atoms with van der Waals surface area (Å²) in [5, 5.41) is 3.23. The fraction of sp³-hybridized carbons (Fsp3) is 0.478. The molecule has 0 saturated carbocycles. The van der Waals surface area contributed by atoms with Crippen LogP contribution in [-0.4, -0.2) is 47.6 Å². The van der Waals surface area contributed by atoms with Crippen molar-refractivity contribution in [3.8, 4) is 11.6 Å². The Kier molecular flexibility index (Phi) is 6.00. The molecule has 4 rings (SSSR count). The Bertz CT molecular complexity index is 849. The van der Waals surface area contributed by atoms with E-state index in [4.69, 9.17) is 9.47 Å². The first-order valence-electron chi connectivity index (χ1n) is 10.5. The van der Waals surface area contributed by atoms with Crippen LogP contribution in [0.15, 0.2) is 42.5 Å². The zero-order chi connectivity index (χ0) is 20.2. The summed E-state index contributed by atoms with van der Waals surface area (Å²) < 4.78 is 11.7. The molecule has 29 heavy (non-hydrogen) atoms. The molecule has 0 unspecified atom stereocenters. The van der Waals surface area contributed by atoms with Crippen molar-refractivity contribution in [2.75, 3.05) is 19.7 Å². The number of aromatic nitrogens is 1. The zero-order valence-electron chi connectivity index (χ0n) is 17.1. The topological polar surface area (TPSA) is 63.7 Å². The second-order valence-electron chi connectivity index (χ2n) is 7.88. The van der Waals surface area contributed by atoms with Crippen LogP contribution in [0.25, 0.3) is 0 Å². The van der Waals surface area contributed by atoms with Gasteiger partial charge in [0.05, 0.1) is 18.7 Å². The van der Waals surface area contributed by atoms with E-state index in [0.717, 1.165) is 49.4 Å². The van der Waals surface area contributed by atoms with E-state index < -0.39 is 0 Å². The summed E-state index contributed by atoms with van der Waals surface area (Å²) in [7, 11) is 0. The fourth-order valence-corrected chi connectivity index (χ4v) is 4.09. The van der Waals surface area contributed by atoms with E-state index in [1.54, 1.807) is 0 Å². The Morgan fingerprint density at radius 1 is 1.17 bits per heavy atom. The highest BCUT2D eigenvalue weighted by molar-refractivity contribution is 5.82. The van der Waals surface area contributed by atoms with E-state index in [0.29, 0.717) is 12.5 Å². The Morgan fingerprint density at radius 2 is 1.97 bits per heavy atom. The van der Waals surface area contributed by atoms with Gasteiger partial charge in [0.15, 0.2) is 0 Å². The SMILES string of the molecule is Cc1cccc(OC2CCN([C@@H](C)C(=O)N[C@H]3CCOc4ccccc43)CC2)n1. The lowest BCUT2D eigenvalue weighted by Gasteiger charge is -2.36. The van der Waals surface area contributed by atoms with Gasteiger partial charge in [-0.1, -0.05) is 24.3 Å². The Labute approximate surface area is 172 Å². The molecule has 154 valence electrons. The molecular weight excluding hydrogens is 366 g/mol. The number of ether oxygens (including phenoxy) is 2. The molecule has 2 atom stereocenters. The molecule has 1 amide bonds. The third-order valence-electron chi connectivity index (χ3n) is 5.83. The molecule has 3 heterocycles. The standard InChI is InChI=1S/C23H29N3O3/c1-16-6-5-9-22(24-16)29-18-10-13-26(14-11-18)17(2)23(27)25-20-12-15-28-21-8-4-3-7-19(20)21/h3-9,17-18,20H,10-15H2,1-2H3,(H,25,27)/t17-,20-/m0/s1. The predicted molar refractivity (Wildman–Crippen MR) is 111 cm³/mol. The number of hydrogen-bond acceptors (Lipinski definition) is 5. The zero-order valence-corrected chi connectivity index (χ0v) is 17.1. The van der Waals surface area contributed by atoms with Crippen LogP contribution in [0, 0.1) is 6.92 Å². The highest BCUT2D eigenvalue weighted by Gasteiger charge is 2.30. The Morgan fingerprint density at radius 3 is 2.76 bits per heavy atom. The number of pyridine rings is 1. The fourth-order valence-electron chi connectivity index (χ4n) is 4.09. The number of nitrogens with zero attached hydrogens (tertiary/aromatic N) is 2. The van der Waals surface area contributed by atoms with Gasteiger partial charge in [0.1, 0.15) is 11.9 Å². The smallest absolute Gasteiger partial charge is 0.237 e. The lowest BCUT2D eigenvalue weighted by atomic mass is 10.00. The second-order valence-corrected chi connectivity index (χ2v) is 7.88. The molecule has 1 fully saturated rings. The van der Waals surface area contributed by atoms with Crippen LogP contribution in [0.3, 0.4) is 0 Å². The van der Waals surface area contributed by atoms with Gasteiger partial charge in [-0.3, -0.25) is 9.69 Å². The number of benzene rings is 1. The number of rotatable bonds is 5. The minimum atomic E-state index is -0.164. The van der Waals surface area contributed by atoms with Crippen molar-refractivity contribution < 1.29 is 14.3 Å². The minimum Gasteiger partial charge on any atom is -0.493 e. The quantitative estimate of drug-likeness (QED) is 0.842. The Balaban J connectivity index is 1.29. The van der Waals surface area contributed by atoms with Crippen LogP contribution in [-0.2, 0) is 4.79 Å². The monoisotopic (exact) mass is 395 g/mol. The van der Waals surface area contributed by atoms with Crippen LogP contribution in [0.5, 0.6) is 11.6 Å². The number of hydrogen-bond donors (Lipinski definition) is 1. The molecule has 0 aliphatic carbocycles. The van der Waals surface area contributed by atoms with Crippen molar-refractivity contribution in [2.45, 2.75) is 51.3 Å². The van der Waals surface area contributed by atoms with Gasteiger partial charge >= 0.3 is 0 Å². The number of fused-ring (bicyclic) bond motifs is 1. The number of para-hydroxylation sites is 1. The first kappa shape index (κ1) is 19.7. The molecule has 0 bridgehead atoms. The number of amides is 1. The van der Waals surface area contributed by atoms with E-state index in [2.05, 4.69) is 15.2 Å². The number of nitrogens with one attached hydrogen (secondary N) is 1. The summed E-state index contributed by atoms with van der Waals surface area (Å²) in [5.74, 6) is 1.64. The largest absolute Gasteiger partial charge is 0.493 e. The van der Waals surface area contributed by atoms with Crippen LogP contribution in [0.4, 0.5) is 0 Å². The van der Waals surface area contributed by atoms with E-state index in [-0.39, 0.29) is 24.1 Å². The minimum absolute atomic E-state index is 0.0168. The molecule has 2 aliphatic rings. The normalized spacial score (nSPS) is 21.0. The van der Waals surface area contributed by atoms with E-state index in [1.165, 1.54) is 0 Å². The molecule has 1 aromatic carbocycles. The molecule has 0 radical (unpaired) electrons. The van der Waals surface area contributed by atoms with Crippen LogP contribution >= 0.6 is 0 Å². The van der Waals surface area contributed by atoms with Crippen molar-refractivity contribution in [3.63, 3.8) is 0 Å². The number of aryl methyl sites for hydroxylation is 1. The number of carbonyl (C=O) groups is 1. The molecule has 6 nitrogen and oxygen atoms in total. The van der Waals surface area contributed by atoms with Gasteiger partial charge in [-0.05, 0) is 38.8 Å². The van der Waals surface area contributed by atoms with E-state index in [1.807, 2.05) is 56.3 Å². The molecule has 1 aromatic heterocycles. The van der Waals surface area contributed by atoms with Crippen LogP contribution in [0.2, 0.25) is 0 Å². The van der Waals surface area contributed by atoms with Crippen molar-refractivity contribution in [2.24, 2.45) is 0 Å². The lowest BCUT2D eigenvalue weighted by molar-refractivity contribution is -0.127. The maximum absolute atomic E-state index is 12.9. The molecule has 2 aliphatic heterocycles. The van der Waals surface area contributed by atoms with Crippen LogP contribution in [0.1, 0.15) is 43.5 Å². The lowest BCUT2D eigenvalue weighted by Crippen LogP contribution is -2.50. The maximum Gasteiger partial charge on any atom is 0.237 e. The third kappa shape index (κ3) is 4.70. The molecule has 0 spiro atoms. The van der Waals surface area contributed by atoms with Gasteiger partial charge in [0.2, 0.25) is 11.8 Å². The summed E-state index contributed by atoms with van der Waals surface area (Å²) in [6.45, 7) is 6.27. The predicted octanol–water partition coefficient (Wildman–Crippen LogP) is 3.26. The van der Waals surface area contributed by atoms with Gasteiger partial charge in [0, 0.05) is 36.8 Å². The summed E-state index contributed by atoms with van der Waals surface area (Å²) in [6.07, 6.45) is 2.74. The summed E-state index contributed by atoms with van der Waals surface area (Å²) in [6, 6.07) is 13.6. The van der Waals surface area contributed by atoms with E-state index >= 15 is 0 Å². The molecule has 1 saturated heterocycles. The third-order valence-corrected chi connectivity index (χ3v) is 5.83. The summed E-state index contributed by atoms with van der Waals surface area (Å²) in [5.41, 5.74) is 2.02. The van der Waals surface area contributed by atoms with Gasteiger partial charge in [-0.2, -0.15) is 0 Å².